The third-order valence-corrected chi connectivity index (χ3v) is 3.45. The first-order chi connectivity index (χ1) is 9.15. The Bertz CT molecular complexity index is 617. The molecule has 0 amide bonds. The quantitative estimate of drug-likeness (QED) is 0.941. The number of halogens is 1. The molecule has 0 saturated carbocycles. The van der Waals surface area contributed by atoms with Gasteiger partial charge in [0.05, 0.1) is 18.2 Å². The summed E-state index contributed by atoms with van der Waals surface area (Å²) in [6.45, 7) is -0.0185. The standard InChI is InChI=1S/C15H13BrN2O/c1-18(14-5-2-11(9-17)3-6-14)15-7-4-13(16)8-12(15)10-19/h2-8,19H,10H2,1H3. The molecule has 0 aliphatic heterocycles. The van der Waals surface area contributed by atoms with E-state index in [0.29, 0.717) is 5.56 Å². The SMILES string of the molecule is CN(c1ccc(C#N)cc1)c1ccc(Br)cc1CO. The van der Waals surface area contributed by atoms with Crippen molar-refractivity contribution in [3.63, 3.8) is 0 Å². The van der Waals surface area contributed by atoms with E-state index in [4.69, 9.17) is 5.26 Å². The van der Waals surface area contributed by atoms with Crippen LogP contribution in [0.3, 0.4) is 0 Å². The van der Waals surface area contributed by atoms with Gasteiger partial charge in [0, 0.05) is 28.5 Å². The average molecular weight is 317 g/mol. The monoisotopic (exact) mass is 316 g/mol. The maximum Gasteiger partial charge on any atom is 0.0991 e. The fourth-order valence-corrected chi connectivity index (χ4v) is 2.32. The smallest absolute Gasteiger partial charge is 0.0991 e. The van der Waals surface area contributed by atoms with Crippen molar-refractivity contribution in [2.45, 2.75) is 6.61 Å². The van der Waals surface area contributed by atoms with Crippen molar-refractivity contribution < 1.29 is 5.11 Å². The van der Waals surface area contributed by atoms with E-state index in [1.165, 1.54) is 0 Å². The van der Waals surface area contributed by atoms with E-state index in [1.807, 2.05) is 42.3 Å². The van der Waals surface area contributed by atoms with Crippen LogP contribution in [0.4, 0.5) is 11.4 Å². The summed E-state index contributed by atoms with van der Waals surface area (Å²) >= 11 is 3.40. The van der Waals surface area contributed by atoms with Gasteiger partial charge in [-0.15, -0.1) is 0 Å². The van der Waals surface area contributed by atoms with Crippen LogP contribution in [-0.4, -0.2) is 12.2 Å². The van der Waals surface area contributed by atoms with Crippen molar-refractivity contribution in [2.75, 3.05) is 11.9 Å². The first-order valence-corrected chi connectivity index (χ1v) is 6.58. The van der Waals surface area contributed by atoms with E-state index < -0.39 is 0 Å². The van der Waals surface area contributed by atoms with Gasteiger partial charge in [-0.3, -0.25) is 0 Å². The lowest BCUT2D eigenvalue weighted by Crippen LogP contribution is -2.11. The minimum absolute atomic E-state index is 0.0185. The molecule has 0 unspecified atom stereocenters. The van der Waals surface area contributed by atoms with Crippen molar-refractivity contribution >= 4 is 27.3 Å². The largest absolute Gasteiger partial charge is 0.392 e. The van der Waals surface area contributed by atoms with Crippen molar-refractivity contribution in [1.29, 1.82) is 5.26 Å². The molecule has 19 heavy (non-hydrogen) atoms. The Balaban J connectivity index is 2.38. The lowest BCUT2D eigenvalue weighted by Gasteiger charge is -2.22. The number of nitrogens with zero attached hydrogens (tertiary/aromatic N) is 2. The Morgan fingerprint density at radius 2 is 1.89 bits per heavy atom. The highest BCUT2D eigenvalue weighted by Gasteiger charge is 2.09. The third kappa shape index (κ3) is 2.95. The fraction of sp³-hybridized carbons (Fsp3) is 0.133. The molecule has 0 aromatic heterocycles. The molecule has 3 nitrogen and oxygen atoms in total. The summed E-state index contributed by atoms with van der Waals surface area (Å²) in [5.74, 6) is 0. The molecule has 0 atom stereocenters. The molecule has 2 aromatic carbocycles. The topological polar surface area (TPSA) is 47.3 Å². The highest BCUT2D eigenvalue weighted by atomic mass is 79.9. The Hall–Kier alpha value is -1.83. The highest BCUT2D eigenvalue weighted by molar-refractivity contribution is 9.10. The van der Waals surface area contributed by atoms with Gasteiger partial charge in [0.1, 0.15) is 0 Å². The summed E-state index contributed by atoms with van der Waals surface area (Å²) in [6, 6.07) is 15.2. The molecule has 96 valence electrons. The van der Waals surface area contributed by atoms with Crippen molar-refractivity contribution in [1.82, 2.24) is 0 Å². The van der Waals surface area contributed by atoms with Gasteiger partial charge in [-0.25, -0.2) is 0 Å². The number of aliphatic hydroxyl groups is 1. The Kier molecular flexibility index (Phi) is 4.20. The lowest BCUT2D eigenvalue weighted by molar-refractivity contribution is 0.282. The zero-order valence-electron chi connectivity index (χ0n) is 10.5. The van der Waals surface area contributed by atoms with Crippen LogP contribution in [0.25, 0.3) is 0 Å². The van der Waals surface area contributed by atoms with Gasteiger partial charge in [0.2, 0.25) is 0 Å². The zero-order valence-corrected chi connectivity index (χ0v) is 12.1. The van der Waals surface area contributed by atoms with Gasteiger partial charge >= 0.3 is 0 Å². The van der Waals surface area contributed by atoms with E-state index in [-0.39, 0.29) is 6.61 Å². The normalized spacial score (nSPS) is 10.0. The van der Waals surface area contributed by atoms with Crippen LogP contribution in [0.2, 0.25) is 0 Å². The number of hydrogen-bond donors (Lipinski definition) is 1. The molecule has 0 aliphatic carbocycles. The average Bonchev–Trinajstić information content (AvgIpc) is 2.46. The number of rotatable bonds is 3. The van der Waals surface area contributed by atoms with Crippen LogP contribution < -0.4 is 4.90 Å². The Morgan fingerprint density at radius 1 is 1.21 bits per heavy atom. The molecule has 0 spiro atoms. The number of nitriles is 1. The van der Waals surface area contributed by atoms with Crippen LogP contribution >= 0.6 is 15.9 Å². The maximum absolute atomic E-state index is 9.43. The van der Waals surface area contributed by atoms with Gasteiger partial charge in [0.15, 0.2) is 0 Å². The first-order valence-electron chi connectivity index (χ1n) is 5.79. The van der Waals surface area contributed by atoms with Gasteiger partial charge in [0.25, 0.3) is 0 Å². The molecule has 0 heterocycles. The van der Waals surface area contributed by atoms with Crippen LogP contribution in [-0.2, 0) is 6.61 Å². The molecule has 0 aliphatic rings. The van der Waals surface area contributed by atoms with E-state index in [0.717, 1.165) is 21.4 Å². The van der Waals surface area contributed by atoms with Crippen LogP contribution in [0.15, 0.2) is 46.9 Å². The minimum Gasteiger partial charge on any atom is -0.392 e. The molecule has 0 fully saturated rings. The van der Waals surface area contributed by atoms with Gasteiger partial charge < -0.3 is 10.0 Å². The molecular weight excluding hydrogens is 304 g/mol. The van der Waals surface area contributed by atoms with Crippen LogP contribution in [0.1, 0.15) is 11.1 Å². The summed E-state index contributed by atoms with van der Waals surface area (Å²) < 4.78 is 0.938. The molecule has 0 radical (unpaired) electrons. The number of aliphatic hydroxyl groups excluding tert-OH is 1. The molecule has 2 rings (SSSR count). The summed E-state index contributed by atoms with van der Waals surface area (Å²) in [4.78, 5) is 1.99. The molecular formula is C15H13BrN2O. The molecule has 1 N–H and O–H groups in total. The predicted molar refractivity (Wildman–Crippen MR) is 79.3 cm³/mol. The van der Waals surface area contributed by atoms with Crippen molar-refractivity contribution in [2.24, 2.45) is 0 Å². The first kappa shape index (κ1) is 13.6. The fourth-order valence-electron chi connectivity index (χ4n) is 1.91. The molecule has 0 bridgehead atoms. The van der Waals surface area contributed by atoms with Gasteiger partial charge in [-0.2, -0.15) is 5.26 Å². The van der Waals surface area contributed by atoms with E-state index in [2.05, 4.69) is 22.0 Å². The second-order valence-electron chi connectivity index (χ2n) is 4.15. The van der Waals surface area contributed by atoms with E-state index >= 15 is 0 Å². The Labute approximate surface area is 120 Å². The number of anilines is 2. The highest BCUT2D eigenvalue weighted by Crippen LogP contribution is 2.29. The zero-order chi connectivity index (χ0) is 13.8. The third-order valence-electron chi connectivity index (χ3n) is 2.96. The summed E-state index contributed by atoms with van der Waals surface area (Å²) in [5.41, 5.74) is 3.39. The molecule has 0 saturated heterocycles. The number of hydrogen-bond acceptors (Lipinski definition) is 3. The van der Waals surface area contributed by atoms with Crippen molar-refractivity contribution in [3.8, 4) is 6.07 Å². The van der Waals surface area contributed by atoms with Gasteiger partial charge in [-0.1, -0.05) is 15.9 Å². The van der Waals surface area contributed by atoms with Crippen LogP contribution in [0.5, 0.6) is 0 Å². The van der Waals surface area contributed by atoms with Gasteiger partial charge in [-0.05, 0) is 42.5 Å². The predicted octanol–water partition coefficient (Wildman–Crippen LogP) is 3.58. The maximum atomic E-state index is 9.43. The van der Waals surface area contributed by atoms with Crippen molar-refractivity contribution in [3.05, 3.63) is 58.1 Å². The number of benzene rings is 2. The summed E-state index contributed by atoms with van der Waals surface area (Å²) in [6.07, 6.45) is 0. The lowest BCUT2D eigenvalue weighted by atomic mass is 10.1. The van der Waals surface area contributed by atoms with E-state index in [1.54, 1.807) is 12.1 Å². The molecule has 4 heteroatoms. The summed E-state index contributed by atoms with van der Waals surface area (Å²) in [7, 11) is 1.93. The summed E-state index contributed by atoms with van der Waals surface area (Å²) in [5, 5.41) is 18.2. The minimum atomic E-state index is -0.0185. The Morgan fingerprint density at radius 3 is 2.47 bits per heavy atom. The second kappa shape index (κ2) is 5.87. The van der Waals surface area contributed by atoms with Crippen LogP contribution in [0, 0.1) is 11.3 Å². The van der Waals surface area contributed by atoms with E-state index in [9.17, 15) is 5.11 Å². The second-order valence-corrected chi connectivity index (χ2v) is 5.06. The molecule has 2 aromatic rings.